The molecule has 17 heavy (non-hydrogen) atoms. The van der Waals surface area contributed by atoms with Crippen molar-refractivity contribution >= 4 is 11.5 Å². The molecule has 0 amide bonds. The summed E-state index contributed by atoms with van der Waals surface area (Å²) < 4.78 is 5.17. The van der Waals surface area contributed by atoms with Gasteiger partial charge in [-0.25, -0.2) is 0 Å². The van der Waals surface area contributed by atoms with Gasteiger partial charge in [-0.3, -0.25) is 4.79 Å². The molecule has 0 atom stereocenters. The Morgan fingerprint density at radius 2 is 1.82 bits per heavy atom. The van der Waals surface area contributed by atoms with Crippen LogP contribution < -0.4 is 10.5 Å². The van der Waals surface area contributed by atoms with Crippen LogP contribution in [0.5, 0.6) is 5.75 Å². The van der Waals surface area contributed by atoms with E-state index in [0.29, 0.717) is 22.6 Å². The van der Waals surface area contributed by atoms with Gasteiger partial charge in [-0.15, -0.1) is 0 Å². The monoisotopic (exact) mass is 227 g/mol. The highest BCUT2D eigenvalue weighted by molar-refractivity contribution is 6.10. The van der Waals surface area contributed by atoms with Crippen molar-refractivity contribution in [1.82, 2.24) is 0 Å². The molecule has 3 nitrogen and oxygen atoms in total. The Morgan fingerprint density at radius 1 is 1.12 bits per heavy atom. The van der Waals surface area contributed by atoms with Crippen molar-refractivity contribution < 1.29 is 9.53 Å². The Bertz CT molecular complexity index is 535. The Morgan fingerprint density at radius 3 is 2.47 bits per heavy atom. The second-order valence-electron chi connectivity index (χ2n) is 3.65. The maximum absolute atomic E-state index is 12.2. The Hall–Kier alpha value is -2.29. The molecule has 0 radical (unpaired) electrons. The minimum absolute atomic E-state index is 0.0672. The summed E-state index contributed by atoms with van der Waals surface area (Å²) in [4.78, 5) is 12.2. The van der Waals surface area contributed by atoms with E-state index >= 15 is 0 Å². The minimum Gasteiger partial charge on any atom is -0.496 e. The van der Waals surface area contributed by atoms with Gasteiger partial charge in [0.1, 0.15) is 5.75 Å². The molecule has 0 saturated heterocycles. The molecule has 0 aliphatic heterocycles. The molecule has 86 valence electrons. The predicted octanol–water partition coefficient (Wildman–Crippen LogP) is 2.51. The maximum Gasteiger partial charge on any atom is 0.196 e. The van der Waals surface area contributed by atoms with Gasteiger partial charge < -0.3 is 10.5 Å². The quantitative estimate of drug-likeness (QED) is 0.647. The van der Waals surface area contributed by atoms with Crippen LogP contribution in [0.15, 0.2) is 48.5 Å². The van der Waals surface area contributed by atoms with Crippen molar-refractivity contribution in [3.63, 3.8) is 0 Å². The number of hydrogen-bond donors (Lipinski definition) is 1. The molecule has 0 unspecified atom stereocenters. The number of nitrogens with two attached hydrogens (primary N) is 1. The topological polar surface area (TPSA) is 52.3 Å². The molecule has 2 rings (SSSR count). The average Bonchev–Trinajstić information content (AvgIpc) is 2.39. The second kappa shape index (κ2) is 4.70. The first-order valence-electron chi connectivity index (χ1n) is 5.25. The van der Waals surface area contributed by atoms with Crippen LogP contribution in [-0.4, -0.2) is 12.9 Å². The maximum atomic E-state index is 12.2. The van der Waals surface area contributed by atoms with Gasteiger partial charge in [-0.2, -0.15) is 0 Å². The van der Waals surface area contributed by atoms with Crippen molar-refractivity contribution in [2.24, 2.45) is 0 Å². The number of rotatable bonds is 3. The fraction of sp³-hybridized carbons (Fsp3) is 0.0714. The van der Waals surface area contributed by atoms with Crippen LogP contribution in [0.1, 0.15) is 15.9 Å². The van der Waals surface area contributed by atoms with Crippen LogP contribution in [0.2, 0.25) is 0 Å². The van der Waals surface area contributed by atoms with Gasteiger partial charge in [-0.05, 0) is 12.1 Å². The lowest BCUT2D eigenvalue weighted by atomic mass is 10.0. The third-order valence-electron chi connectivity index (χ3n) is 2.51. The van der Waals surface area contributed by atoms with Crippen molar-refractivity contribution in [3.05, 3.63) is 59.7 Å². The molecular weight excluding hydrogens is 214 g/mol. The van der Waals surface area contributed by atoms with Crippen LogP contribution in [0.25, 0.3) is 0 Å². The molecule has 2 N–H and O–H groups in total. The number of ketones is 1. The Balaban J connectivity index is 2.44. The van der Waals surface area contributed by atoms with E-state index in [1.807, 2.05) is 18.2 Å². The van der Waals surface area contributed by atoms with Crippen molar-refractivity contribution in [2.75, 3.05) is 12.8 Å². The van der Waals surface area contributed by atoms with Crippen molar-refractivity contribution in [1.29, 1.82) is 0 Å². The smallest absolute Gasteiger partial charge is 0.196 e. The van der Waals surface area contributed by atoms with Crippen LogP contribution in [0, 0.1) is 0 Å². The predicted molar refractivity (Wildman–Crippen MR) is 67.3 cm³/mol. The molecule has 0 saturated carbocycles. The van der Waals surface area contributed by atoms with Gasteiger partial charge in [-0.1, -0.05) is 30.3 Å². The molecule has 2 aromatic rings. The van der Waals surface area contributed by atoms with E-state index in [1.165, 1.54) is 7.11 Å². The first-order valence-corrected chi connectivity index (χ1v) is 5.25. The molecule has 2 aromatic carbocycles. The van der Waals surface area contributed by atoms with E-state index in [-0.39, 0.29) is 5.78 Å². The van der Waals surface area contributed by atoms with E-state index < -0.39 is 0 Å². The lowest BCUT2D eigenvalue weighted by molar-refractivity contribution is 0.103. The van der Waals surface area contributed by atoms with E-state index in [0.717, 1.165) is 0 Å². The number of hydrogen-bond acceptors (Lipinski definition) is 3. The van der Waals surface area contributed by atoms with Gasteiger partial charge in [0.05, 0.1) is 12.7 Å². The summed E-state index contributed by atoms with van der Waals surface area (Å²) in [6.45, 7) is 0. The number of carbonyl (C=O) groups is 1. The summed E-state index contributed by atoms with van der Waals surface area (Å²) in [5.74, 6) is 0.432. The highest BCUT2D eigenvalue weighted by Crippen LogP contribution is 2.24. The summed E-state index contributed by atoms with van der Waals surface area (Å²) in [5, 5.41) is 0. The van der Waals surface area contributed by atoms with E-state index in [4.69, 9.17) is 10.5 Å². The summed E-state index contributed by atoms with van der Waals surface area (Å²) in [7, 11) is 1.52. The standard InChI is InChI=1S/C14H13NO2/c1-17-13-9-11(15)7-8-12(13)14(16)10-5-3-2-4-6-10/h2-9H,15H2,1H3. The number of benzene rings is 2. The summed E-state index contributed by atoms with van der Waals surface area (Å²) in [5.41, 5.74) is 7.38. The van der Waals surface area contributed by atoms with Gasteiger partial charge in [0, 0.05) is 17.3 Å². The fourth-order valence-corrected chi connectivity index (χ4v) is 1.64. The molecule has 0 heterocycles. The van der Waals surface area contributed by atoms with Crippen LogP contribution in [-0.2, 0) is 0 Å². The van der Waals surface area contributed by atoms with Crippen LogP contribution in [0.4, 0.5) is 5.69 Å². The lowest BCUT2D eigenvalue weighted by Crippen LogP contribution is -2.04. The van der Waals surface area contributed by atoms with E-state index in [9.17, 15) is 4.79 Å². The van der Waals surface area contributed by atoms with E-state index in [2.05, 4.69) is 0 Å². The lowest BCUT2D eigenvalue weighted by Gasteiger charge is -2.08. The number of nitrogen functional groups attached to an aromatic ring is 1. The average molecular weight is 227 g/mol. The second-order valence-corrected chi connectivity index (χ2v) is 3.65. The number of anilines is 1. The third-order valence-corrected chi connectivity index (χ3v) is 2.51. The number of methoxy groups -OCH3 is 1. The Kier molecular flexibility index (Phi) is 3.10. The summed E-state index contributed by atoms with van der Waals surface area (Å²) >= 11 is 0. The SMILES string of the molecule is COc1cc(N)ccc1C(=O)c1ccccc1. The molecule has 0 spiro atoms. The van der Waals surface area contributed by atoms with Crippen molar-refractivity contribution in [2.45, 2.75) is 0 Å². The highest BCUT2D eigenvalue weighted by Gasteiger charge is 2.13. The minimum atomic E-state index is -0.0672. The first kappa shape index (κ1) is 11.2. The molecule has 0 aliphatic carbocycles. The highest BCUT2D eigenvalue weighted by atomic mass is 16.5. The molecule has 3 heteroatoms. The zero-order chi connectivity index (χ0) is 12.3. The van der Waals surface area contributed by atoms with Gasteiger partial charge in [0.15, 0.2) is 5.78 Å². The van der Waals surface area contributed by atoms with Crippen LogP contribution >= 0.6 is 0 Å². The molecule has 0 fully saturated rings. The zero-order valence-corrected chi connectivity index (χ0v) is 9.51. The first-order chi connectivity index (χ1) is 8.22. The normalized spacial score (nSPS) is 9.94. The largest absolute Gasteiger partial charge is 0.496 e. The summed E-state index contributed by atoms with van der Waals surface area (Å²) in [6.07, 6.45) is 0. The van der Waals surface area contributed by atoms with Crippen molar-refractivity contribution in [3.8, 4) is 5.75 Å². The van der Waals surface area contributed by atoms with Gasteiger partial charge in [0.25, 0.3) is 0 Å². The number of ether oxygens (including phenoxy) is 1. The Labute approximate surface area is 99.8 Å². The van der Waals surface area contributed by atoms with E-state index in [1.54, 1.807) is 30.3 Å². The molecule has 0 bridgehead atoms. The molecule has 0 aliphatic rings. The third kappa shape index (κ3) is 2.28. The van der Waals surface area contributed by atoms with Gasteiger partial charge in [0.2, 0.25) is 0 Å². The van der Waals surface area contributed by atoms with Gasteiger partial charge >= 0.3 is 0 Å². The zero-order valence-electron chi connectivity index (χ0n) is 9.51. The van der Waals surface area contributed by atoms with Crippen LogP contribution in [0.3, 0.4) is 0 Å². The molecular formula is C14H13NO2. The number of carbonyl (C=O) groups excluding carboxylic acids is 1. The fourth-order valence-electron chi connectivity index (χ4n) is 1.64. The summed E-state index contributed by atoms with van der Waals surface area (Å²) in [6, 6.07) is 14.1. The molecule has 0 aromatic heterocycles.